The second-order valence-corrected chi connectivity index (χ2v) is 11.7. The number of fused-ring (bicyclic) bond motifs is 1. The largest absolute Gasteiger partial charge is 0.492 e. The molecule has 1 saturated heterocycles. The Bertz CT molecular complexity index is 1690. The van der Waals surface area contributed by atoms with Crippen LogP contribution in [-0.4, -0.2) is 68.2 Å². The first-order valence-electron chi connectivity index (χ1n) is 13.6. The summed E-state index contributed by atoms with van der Waals surface area (Å²) in [5, 5.41) is 0.630. The van der Waals surface area contributed by atoms with E-state index in [9.17, 15) is 12.8 Å². The van der Waals surface area contributed by atoms with E-state index < -0.39 is 28.3 Å². The van der Waals surface area contributed by atoms with Gasteiger partial charge in [-0.05, 0) is 56.2 Å². The summed E-state index contributed by atoms with van der Waals surface area (Å²) in [6.07, 6.45) is 1.42. The van der Waals surface area contributed by atoms with Crippen LogP contribution < -0.4 is 20.1 Å². The predicted molar refractivity (Wildman–Crippen MR) is 159 cm³/mol. The Balaban J connectivity index is 1.70. The molecule has 42 heavy (non-hydrogen) atoms. The quantitative estimate of drug-likeness (QED) is 0.264. The van der Waals surface area contributed by atoms with Gasteiger partial charge >= 0.3 is 0 Å². The third-order valence-corrected chi connectivity index (χ3v) is 8.21. The summed E-state index contributed by atoms with van der Waals surface area (Å²) < 4.78 is 67.1. The van der Waals surface area contributed by atoms with Crippen LogP contribution in [0.4, 0.5) is 26.1 Å². The van der Waals surface area contributed by atoms with Crippen LogP contribution >= 0.6 is 0 Å². The molecule has 1 atom stereocenters. The second kappa shape index (κ2) is 12.4. The van der Waals surface area contributed by atoms with Crippen molar-refractivity contribution >= 4 is 38.2 Å². The molecule has 13 heteroatoms. The number of alkyl halides is 1. The summed E-state index contributed by atoms with van der Waals surface area (Å²) in [7, 11) is -3.94. The highest BCUT2D eigenvalue weighted by Gasteiger charge is 2.26. The van der Waals surface area contributed by atoms with Gasteiger partial charge in [-0.25, -0.2) is 27.8 Å². The molecule has 10 nitrogen and oxygen atoms in total. The zero-order chi connectivity index (χ0) is 29.9. The van der Waals surface area contributed by atoms with E-state index >= 15 is 4.39 Å². The molecular weight excluding hydrogens is 566 g/mol. The molecule has 0 bridgehead atoms. The normalized spacial score (nSPS) is 15.6. The number of nitrogen functional groups attached to an aromatic ring is 1. The highest BCUT2D eigenvalue weighted by molar-refractivity contribution is 7.92. The number of pyridine rings is 1. The first-order chi connectivity index (χ1) is 20.2. The minimum absolute atomic E-state index is 0.00719. The number of sulfonamides is 1. The molecule has 5 rings (SSSR count). The van der Waals surface area contributed by atoms with Crippen molar-refractivity contribution < 1.29 is 26.7 Å². The molecule has 0 amide bonds. The standard InChI is InChI=1S/C29H32F2N6O4S/c1-3-41-24-15-20(21-6-4-7-23(26(21)31)36-42(38,39)13-5-10-30)14-22-27(24)34-28(19-8-9-25(32)33-16-19)35-29(22)37-11-12-40-17-18(37)2/h4,6-9,14-16,18,36H,3,5,10-13,17H2,1-2H3,(H2,32,33). The molecule has 0 spiro atoms. The van der Waals surface area contributed by atoms with E-state index in [1.165, 1.54) is 6.07 Å². The number of benzene rings is 2. The lowest BCUT2D eigenvalue weighted by Gasteiger charge is -2.35. The van der Waals surface area contributed by atoms with Gasteiger partial charge in [0.05, 0.1) is 44.0 Å². The van der Waals surface area contributed by atoms with Crippen LogP contribution in [0.25, 0.3) is 33.4 Å². The van der Waals surface area contributed by atoms with Crippen molar-refractivity contribution in [3.05, 3.63) is 54.5 Å². The number of nitrogens with one attached hydrogen (secondary N) is 1. The van der Waals surface area contributed by atoms with E-state index in [0.29, 0.717) is 71.6 Å². The number of hydrogen-bond acceptors (Lipinski definition) is 9. The van der Waals surface area contributed by atoms with Gasteiger partial charge in [0.15, 0.2) is 11.6 Å². The zero-order valence-electron chi connectivity index (χ0n) is 23.3. The first kappa shape index (κ1) is 29.4. The van der Waals surface area contributed by atoms with Crippen LogP contribution in [0.2, 0.25) is 0 Å². The predicted octanol–water partition coefficient (Wildman–Crippen LogP) is 4.81. The van der Waals surface area contributed by atoms with Crippen molar-refractivity contribution in [2.45, 2.75) is 26.3 Å². The molecule has 4 aromatic rings. The number of morpholine rings is 1. The van der Waals surface area contributed by atoms with Crippen LogP contribution in [0.5, 0.6) is 5.75 Å². The lowest BCUT2D eigenvalue weighted by molar-refractivity contribution is 0.0987. The molecule has 0 radical (unpaired) electrons. The summed E-state index contributed by atoms with van der Waals surface area (Å²) in [6.45, 7) is 4.98. The molecule has 2 aromatic heterocycles. The minimum Gasteiger partial charge on any atom is -0.492 e. The summed E-state index contributed by atoms with van der Waals surface area (Å²) in [4.78, 5) is 16.1. The van der Waals surface area contributed by atoms with Crippen molar-refractivity contribution in [2.75, 3.05) is 54.1 Å². The highest BCUT2D eigenvalue weighted by atomic mass is 32.2. The third-order valence-electron chi connectivity index (χ3n) is 6.85. The van der Waals surface area contributed by atoms with Gasteiger partial charge in [-0.3, -0.25) is 9.11 Å². The van der Waals surface area contributed by atoms with E-state index in [-0.39, 0.29) is 23.7 Å². The Labute approximate surface area is 242 Å². The molecule has 3 heterocycles. The summed E-state index contributed by atoms with van der Waals surface area (Å²) in [5.74, 6) is 0.599. The summed E-state index contributed by atoms with van der Waals surface area (Å²) in [6, 6.07) is 11.3. The van der Waals surface area contributed by atoms with Crippen molar-refractivity contribution in [1.29, 1.82) is 0 Å². The fourth-order valence-corrected chi connectivity index (χ4v) is 5.91. The SMILES string of the molecule is CCOc1cc(-c2cccc(NS(=O)(=O)CCCF)c2F)cc2c(N3CCOCC3C)nc(-c3ccc(N)nc3)nc12. The Hall–Kier alpha value is -4.10. The number of nitrogens with two attached hydrogens (primary N) is 1. The van der Waals surface area contributed by atoms with Gasteiger partial charge in [0.25, 0.3) is 0 Å². The van der Waals surface area contributed by atoms with Crippen LogP contribution in [0.15, 0.2) is 48.7 Å². The number of ether oxygens (including phenoxy) is 2. The van der Waals surface area contributed by atoms with Crippen molar-refractivity contribution in [2.24, 2.45) is 0 Å². The van der Waals surface area contributed by atoms with Crippen LogP contribution in [0.1, 0.15) is 20.3 Å². The van der Waals surface area contributed by atoms with E-state index in [2.05, 4.69) is 14.6 Å². The Morgan fingerprint density at radius 1 is 1.19 bits per heavy atom. The van der Waals surface area contributed by atoms with Gasteiger partial charge in [0.2, 0.25) is 10.0 Å². The first-order valence-corrected chi connectivity index (χ1v) is 15.3. The average Bonchev–Trinajstić information content (AvgIpc) is 2.97. The van der Waals surface area contributed by atoms with Gasteiger partial charge in [-0.1, -0.05) is 12.1 Å². The zero-order valence-corrected chi connectivity index (χ0v) is 24.1. The molecule has 1 aliphatic rings. The molecule has 2 aromatic carbocycles. The van der Waals surface area contributed by atoms with Crippen LogP contribution in [0, 0.1) is 5.82 Å². The average molecular weight is 599 g/mol. The van der Waals surface area contributed by atoms with Crippen molar-refractivity contribution in [3.63, 3.8) is 0 Å². The number of anilines is 3. The third kappa shape index (κ3) is 6.21. The number of hydrogen-bond donors (Lipinski definition) is 2. The summed E-state index contributed by atoms with van der Waals surface area (Å²) in [5.41, 5.74) is 7.36. The van der Waals surface area contributed by atoms with Crippen molar-refractivity contribution in [1.82, 2.24) is 15.0 Å². The molecule has 1 aliphatic heterocycles. The fourth-order valence-electron chi connectivity index (χ4n) is 4.83. The number of aromatic nitrogens is 3. The summed E-state index contributed by atoms with van der Waals surface area (Å²) >= 11 is 0. The van der Waals surface area contributed by atoms with E-state index in [1.54, 1.807) is 42.6 Å². The molecule has 1 unspecified atom stereocenters. The topological polar surface area (TPSA) is 133 Å². The molecule has 222 valence electrons. The smallest absolute Gasteiger partial charge is 0.232 e. The Kier molecular flexibility index (Phi) is 8.69. The van der Waals surface area contributed by atoms with Gasteiger partial charge in [-0.15, -0.1) is 0 Å². The van der Waals surface area contributed by atoms with Crippen LogP contribution in [0.3, 0.4) is 0 Å². The van der Waals surface area contributed by atoms with Crippen molar-refractivity contribution in [3.8, 4) is 28.3 Å². The molecule has 1 fully saturated rings. The Morgan fingerprint density at radius 3 is 2.74 bits per heavy atom. The van der Waals surface area contributed by atoms with E-state index in [0.717, 1.165) is 0 Å². The monoisotopic (exact) mass is 598 g/mol. The Morgan fingerprint density at radius 2 is 2.02 bits per heavy atom. The van der Waals surface area contributed by atoms with Gasteiger partial charge < -0.3 is 20.1 Å². The van der Waals surface area contributed by atoms with E-state index in [4.69, 9.17) is 25.2 Å². The number of halogens is 2. The highest BCUT2D eigenvalue weighted by Crippen LogP contribution is 2.39. The second-order valence-electron chi connectivity index (χ2n) is 9.89. The maximum absolute atomic E-state index is 15.8. The van der Waals surface area contributed by atoms with E-state index in [1.807, 2.05) is 13.8 Å². The van der Waals surface area contributed by atoms with Crippen LogP contribution in [-0.2, 0) is 14.8 Å². The number of rotatable bonds is 10. The minimum atomic E-state index is -3.94. The number of nitrogens with zero attached hydrogens (tertiary/aromatic N) is 4. The maximum Gasteiger partial charge on any atom is 0.232 e. The fraction of sp³-hybridized carbons (Fsp3) is 0.345. The maximum atomic E-state index is 15.8. The molecule has 3 N–H and O–H groups in total. The molecule has 0 aliphatic carbocycles. The van der Waals surface area contributed by atoms with Gasteiger partial charge in [0, 0.05) is 29.3 Å². The lowest BCUT2D eigenvalue weighted by atomic mass is 10.0. The lowest BCUT2D eigenvalue weighted by Crippen LogP contribution is -2.44. The van der Waals surface area contributed by atoms with Gasteiger partial charge in [0.1, 0.15) is 22.9 Å². The molecule has 0 saturated carbocycles. The molecular formula is C29H32F2N6O4S. The van der Waals surface area contributed by atoms with Gasteiger partial charge in [-0.2, -0.15) is 0 Å².